The van der Waals surface area contributed by atoms with E-state index in [2.05, 4.69) is 9.88 Å². The number of hydrogen-bond acceptors (Lipinski definition) is 5. The van der Waals surface area contributed by atoms with Crippen LogP contribution in [0.3, 0.4) is 0 Å². The van der Waals surface area contributed by atoms with Crippen LogP contribution in [0.1, 0.15) is 11.3 Å². The monoisotopic (exact) mass is 314 g/mol. The Morgan fingerprint density at radius 2 is 2.35 bits per heavy atom. The third-order valence-electron chi connectivity index (χ3n) is 4.94. The van der Waals surface area contributed by atoms with Crippen molar-refractivity contribution in [3.63, 3.8) is 0 Å². The molecule has 2 aliphatic heterocycles. The molecule has 0 N–H and O–H groups in total. The smallest absolute Gasteiger partial charge is 0.0947 e. The first kappa shape index (κ1) is 14.9. The van der Waals surface area contributed by atoms with Gasteiger partial charge in [0.1, 0.15) is 0 Å². The van der Waals surface area contributed by atoms with E-state index in [1.807, 2.05) is 30.5 Å². The van der Waals surface area contributed by atoms with Crippen LogP contribution in [0, 0.1) is 11.3 Å². The Balaban J connectivity index is 1.35. The average molecular weight is 314 g/mol. The van der Waals surface area contributed by atoms with Crippen molar-refractivity contribution < 1.29 is 13.9 Å². The Kier molecular flexibility index (Phi) is 4.16. The number of nitrogens with zero attached hydrogens (tertiary/aromatic N) is 2. The van der Waals surface area contributed by atoms with Crippen molar-refractivity contribution in [3.8, 4) is 0 Å². The first-order valence-electron chi connectivity index (χ1n) is 8.13. The van der Waals surface area contributed by atoms with Crippen LogP contribution in [0.5, 0.6) is 0 Å². The third-order valence-corrected chi connectivity index (χ3v) is 4.94. The normalized spacial score (nSPS) is 27.4. The van der Waals surface area contributed by atoms with Crippen LogP contribution >= 0.6 is 0 Å². The molecule has 0 aliphatic carbocycles. The van der Waals surface area contributed by atoms with E-state index < -0.39 is 0 Å². The number of likely N-dealkylation sites (tertiary alicyclic amines) is 1. The summed E-state index contributed by atoms with van der Waals surface area (Å²) >= 11 is 0. The second-order valence-corrected chi connectivity index (χ2v) is 6.69. The molecule has 2 aliphatic rings. The van der Waals surface area contributed by atoms with E-state index in [0.29, 0.717) is 12.5 Å². The number of furan rings is 1. The zero-order valence-corrected chi connectivity index (χ0v) is 13.2. The van der Waals surface area contributed by atoms with Gasteiger partial charge in [0.15, 0.2) is 0 Å². The summed E-state index contributed by atoms with van der Waals surface area (Å²) in [4.78, 5) is 6.80. The minimum absolute atomic E-state index is 0.124. The summed E-state index contributed by atoms with van der Waals surface area (Å²) in [6.07, 6.45) is 5.37. The highest BCUT2D eigenvalue weighted by Gasteiger charge is 2.50. The molecule has 4 heterocycles. The molecule has 0 radical (unpaired) electrons. The molecule has 0 saturated carbocycles. The van der Waals surface area contributed by atoms with E-state index in [-0.39, 0.29) is 5.41 Å². The van der Waals surface area contributed by atoms with Crippen LogP contribution in [0.25, 0.3) is 0 Å². The fourth-order valence-electron chi connectivity index (χ4n) is 3.75. The lowest BCUT2D eigenvalue weighted by atomic mass is 9.82. The predicted molar refractivity (Wildman–Crippen MR) is 84.6 cm³/mol. The van der Waals surface area contributed by atoms with E-state index in [1.165, 1.54) is 5.56 Å². The minimum Gasteiger partial charge on any atom is -0.472 e. The average Bonchev–Trinajstić information content (AvgIpc) is 3.25. The third kappa shape index (κ3) is 3.17. The van der Waals surface area contributed by atoms with Gasteiger partial charge in [0.25, 0.3) is 0 Å². The van der Waals surface area contributed by atoms with E-state index >= 15 is 0 Å². The molecule has 4 rings (SSSR count). The summed E-state index contributed by atoms with van der Waals surface area (Å²) in [6, 6.07) is 7.95. The molecule has 5 heteroatoms. The SMILES string of the molecule is c1ccc(COC[C@]23COC[C@H]2CN(Cc2ccoc2)C3)nc1. The Labute approximate surface area is 136 Å². The van der Waals surface area contributed by atoms with Crippen molar-refractivity contribution in [1.29, 1.82) is 0 Å². The van der Waals surface area contributed by atoms with Gasteiger partial charge in [-0.15, -0.1) is 0 Å². The van der Waals surface area contributed by atoms with E-state index in [0.717, 1.165) is 45.1 Å². The number of rotatable bonds is 6. The minimum atomic E-state index is 0.124. The van der Waals surface area contributed by atoms with Gasteiger partial charge in [-0.2, -0.15) is 0 Å². The van der Waals surface area contributed by atoms with Gasteiger partial charge in [0.05, 0.1) is 44.6 Å². The topological polar surface area (TPSA) is 47.7 Å². The highest BCUT2D eigenvalue weighted by molar-refractivity contribution is 5.08. The van der Waals surface area contributed by atoms with Crippen LogP contribution in [0.15, 0.2) is 47.4 Å². The molecule has 5 nitrogen and oxygen atoms in total. The van der Waals surface area contributed by atoms with Crippen molar-refractivity contribution in [2.45, 2.75) is 13.2 Å². The summed E-state index contributed by atoms with van der Waals surface area (Å²) in [6.45, 7) is 5.96. The van der Waals surface area contributed by atoms with Crippen molar-refractivity contribution in [3.05, 3.63) is 54.2 Å². The van der Waals surface area contributed by atoms with Gasteiger partial charge in [0, 0.05) is 42.7 Å². The fourth-order valence-corrected chi connectivity index (χ4v) is 3.75. The molecule has 0 unspecified atom stereocenters. The van der Waals surface area contributed by atoms with Gasteiger partial charge in [-0.3, -0.25) is 9.88 Å². The lowest BCUT2D eigenvalue weighted by Gasteiger charge is -2.27. The highest BCUT2D eigenvalue weighted by atomic mass is 16.5. The first-order chi connectivity index (χ1) is 11.3. The number of aromatic nitrogens is 1. The first-order valence-corrected chi connectivity index (χ1v) is 8.13. The Bertz CT molecular complexity index is 616. The van der Waals surface area contributed by atoms with Gasteiger partial charge in [-0.1, -0.05) is 6.07 Å². The quantitative estimate of drug-likeness (QED) is 0.819. The van der Waals surface area contributed by atoms with Gasteiger partial charge >= 0.3 is 0 Å². The fraction of sp³-hybridized carbons (Fsp3) is 0.500. The molecule has 122 valence electrons. The Morgan fingerprint density at radius 1 is 1.35 bits per heavy atom. The Hall–Kier alpha value is -1.69. The van der Waals surface area contributed by atoms with Crippen LogP contribution in [-0.2, 0) is 22.6 Å². The maximum atomic E-state index is 6.00. The van der Waals surface area contributed by atoms with E-state index in [4.69, 9.17) is 13.9 Å². The van der Waals surface area contributed by atoms with Crippen LogP contribution < -0.4 is 0 Å². The van der Waals surface area contributed by atoms with Crippen molar-refractivity contribution in [1.82, 2.24) is 9.88 Å². The summed E-state index contributed by atoms with van der Waals surface area (Å²) in [5.74, 6) is 0.554. The zero-order valence-electron chi connectivity index (χ0n) is 13.2. The molecule has 2 saturated heterocycles. The Morgan fingerprint density at radius 3 is 3.17 bits per heavy atom. The number of hydrogen-bond donors (Lipinski definition) is 0. The van der Waals surface area contributed by atoms with Crippen molar-refractivity contribution in [2.75, 3.05) is 32.9 Å². The van der Waals surface area contributed by atoms with Crippen molar-refractivity contribution >= 4 is 0 Å². The van der Waals surface area contributed by atoms with E-state index in [1.54, 1.807) is 12.5 Å². The number of pyridine rings is 1. The molecular weight excluding hydrogens is 292 g/mol. The summed E-state index contributed by atoms with van der Waals surface area (Å²) < 4.78 is 16.9. The molecule has 23 heavy (non-hydrogen) atoms. The van der Waals surface area contributed by atoms with Gasteiger partial charge in [-0.05, 0) is 18.2 Å². The molecular formula is C18H22N2O3. The molecule has 2 fully saturated rings. The standard InChI is InChI=1S/C18H22N2O3/c1-2-5-19-17(3-1)11-23-14-18-12-20(7-15-4-6-21-9-15)8-16(18)10-22-13-18/h1-6,9,16H,7-8,10-14H2/t16-,18+/m1/s1. The van der Waals surface area contributed by atoms with Crippen molar-refractivity contribution in [2.24, 2.45) is 11.3 Å². The summed E-state index contributed by atoms with van der Waals surface area (Å²) in [5.41, 5.74) is 2.33. The zero-order chi connectivity index (χ0) is 15.5. The van der Waals surface area contributed by atoms with Gasteiger partial charge in [-0.25, -0.2) is 0 Å². The van der Waals surface area contributed by atoms with Crippen LogP contribution in [-0.4, -0.2) is 42.8 Å². The maximum absolute atomic E-state index is 6.00. The molecule has 0 bridgehead atoms. The maximum Gasteiger partial charge on any atom is 0.0947 e. The molecule has 2 aromatic rings. The van der Waals surface area contributed by atoms with Gasteiger partial charge < -0.3 is 13.9 Å². The largest absolute Gasteiger partial charge is 0.472 e. The number of fused-ring (bicyclic) bond motifs is 1. The highest BCUT2D eigenvalue weighted by Crippen LogP contribution is 2.42. The molecule has 0 amide bonds. The molecule has 0 spiro atoms. The molecule has 2 aromatic heterocycles. The van der Waals surface area contributed by atoms with Crippen LogP contribution in [0.4, 0.5) is 0 Å². The number of ether oxygens (including phenoxy) is 2. The summed E-state index contributed by atoms with van der Waals surface area (Å²) in [5, 5.41) is 0. The van der Waals surface area contributed by atoms with Crippen LogP contribution in [0.2, 0.25) is 0 Å². The predicted octanol–water partition coefficient (Wildman–Crippen LogP) is 2.34. The lowest BCUT2D eigenvalue weighted by Crippen LogP contribution is -2.35. The molecule has 2 atom stereocenters. The van der Waals surface area contributed by atoms with Gasteiger partial charge in [0.2, 0.25) is 0 Å². The molecule has 0 aromatic carbocycles. The second-order valence-electron chi connectivity index (χ2n) is 6.69. The second kappa shape index (κ2) is 6.43. The van der Waals surface area contributed by atoms with E-state index in [9.17, 15) is 0 Å². The lowest BCUT2D eigenvalue weighted by molar-refractivity contribution is 0.0171. The summed E-state index contributed by atoms with van der Waals surface area (Å²) in [7, 11) is 0.